The summed E-state index contributed by atoms with van der Waals surface area (Å²) in [7, 11) is 0. The van der Waals surface area contributed by atoms with Crippen LogP contribution in [0, 0.1) is 17.5 Å². The minimum Gasteiger partial charge on any atom is -0.334 e. The van der Waals surface area contributed by atoms with Crippen LogP contribution in [0.1, 0.15) is 24.5 Å². The predicted molar refractivity (Wildman–Crippen MR) is 107 cm³/mol. The summed E-state index contributed by atoms with van der Waals surface area (Å²) in [5.41, 5.74) is 11.0. The average molecular weight is 417 g/mol. The van der Waals surface area contributed by atoms with Gasteiger partial charge in [0.2, 0.25) is 5.91 Å². The fraction of sp³-hybridized carbons (Fsp3) is 0.333. The molecule has 0 saturated heterocycles. The number of hydrogen-bond acceptors (Lipinski definition) is 5. The number of fused-ring (bicyclic) bond motifs is 3. The first-order valence-corrected chi connectivity index (χ1v) is 9.67. The number of halogens is 3. The van der Waals surface area contributed by atoms with E-state index in [1.807, 2.05) is 31.2 Å². The second-order valence-corrected chi connectivity index (χ2v) is 7.60. The van der Waals surface area contributed by atoms with Crippen molar-refractivity contribution in [3.63, 3.8) is 0 Å². The molecule has 4 rings (SSSR count). The van der Waals surface area contributed by atoms with Crippen molar-refractivity contribution in [2.24, 2.45) is 10.8 Å². The zero-order valence-electron chi connectivity index (χ0n) is 16.4. The quantitative estimate of drug-likeness (QED) is 0.750. The van der Waals surface area contributed by atoms with E-state index in [1.165, 1.54) is 0 Å². The molecule has 30 heavy (non-hydrogen) atoms. The van der Waals surface area contributed by atoms with E-state index in [2.05, 4.69) is 15.4 Å². The number of para-hydroxylation sites is 1. The summed E-state index contributed by atoms with van der Waals surface area (Å²) < 4.78 is 40.4. The van der Waals surface area contributed by atoms with Crippen LogP contribution < -0.4 is 16.1 Å². The Kier molecular flexibility index (Phi) is 5.38. The van der Waals surface area contributed by atoms with Crippen LogP contribution in [-0.4, -0.2) is 35.4 Å². The summed E-state index contributed by atoms with van der Waals surface area (Å²) >= 11 is 0. The zero-order valence-corrected chi connectivity index (χ0v) is 16.4. The summed E-state index contributed by atoms with van der Waals surface area (Å²) in [5, 5.41) is 4.28. The molecular formula is C21H22F3N5O. The van der Waals surface area contributed by atoms with Crippen molar-refractivity contribution in [1.82, 2.24) is 10.3 Å². The minimum atomic E-state index is -1.25. The van der Waals surface area contributed by atoms with Crippen molar-refractivity contribution >= 4 is 17.4 Å². The number of carbonyl (C=O) groups is 1. The van der Waals surface area contributed by atoms with E-state index < -0.39 is 23.5 Å². The van der Waals surface area contributed by atoms with E-state index in [9.17, 15) is 18.0 Å². The van der Waals surface area contributed by atoms with Crippen LogP contribution in [0.25, 0.3) is 0 Å². The van der Waals surface area contributed by atoms with Gasteiger partial charge in [-0.1, -0.05) is 18.2 Å². The highest BCUT2D eigenvalue weighted by Crippen LogP contribution is 2.29. The highest BCUT2D eigenvalue weighted by Gasteiger charge is 2.34. The topological polar surface area (TPSA) is 74.0 Å². The van der Waals surface area contributed by atoms with Crippen molar-refractivity contribution in [2.75, 3.05) is 11.4 Å². The average Bonchev–Trinajstić information content (AvgIpc) is 2.96. The number of nitrogens with two attached hydrogens (primary N) is 1. The molecule has 0 radical (unpaired) electrons. The number of amides is 1. The summed E-state index contributed by atoms with van der Waals surface area (Å²) in [6, 6.07) is 8.34. The Bertz CT molecular complexity index is 1010. The maximum atomic E-state index is 13.9. The molecule has 0 saturated carbocycles. The molecule has 2 heterocycles. The molecule has 0 aliphatic carbocycles. The van der Waals surface area contributed by atoms with Crippen molar-refractivity contribution in [3.05, 3.63) is 65.0 Å². The molecule has 0 aromatic heterocycles. The second-order valence-electron chi connectivity index (χ2n) is 7.60. The molecule has 2 aromatic carbocycles. The Labute approximate surface area is 172 Å². The molecule has 1 amide bonds. The Morgan fingerprint density at radius 1 is 1.23 bits per heavy atom. The summed E-state index contributed by atoms with van der Waals surface area (Å²) in [6.07, 6.45) is -0.319. The molecule has 0 bridgehead atoms. The van der Waals surface area contributed by atoms with Crippen LogP contribution >= 0.6 is 0 Å². The fourth-order valence-electron chi connectivity index (χ4n) is 3.95. The van der Waals surface area contributed by atoms with E-state index in [0.29, 0.717) is 19.2 Å². The number of hydrazone groups is 1. The van der Waals surface area contributed by atoms with Crippen LogP contribution in [0.2, 0.25) is 0 Å². The lowest BCUT2D eigenvalue weighted by Gasteiger charge is -2.27. The molecule has 158 valence electrons. The molecule has 2 aliphatic rings. The predicted octanol–water partition coefficient (Wildman–Crippen LogP) is 2.48. The molecule has 6 nitrogen and oxygen atoms in total. The first kappa shape index (κ1) is 20.2. The van der Waals surface area contributed by atoms with Gasteiger partial charge in [0.1, 0.15) is 17.8 Å². The van der Waals surface area contributed by atoms with E-state index in [1.54, 1.807) is 4.90 Å². The highest BCUT2D eigenvalue weighted by atomic mass is 19.2. The van der Waals surface area contributed by atoms with Gasteiger partial charge < -0.3 is 15.5 Å². The standard InChI is InChI=1S/C21H22F3N5O/c1-12-26-27-20-11-28(10-13-4-2-3-5-19(13)29(12)20)21(30)8-15(25)6-14-7-17(23)18(24)9-16(14)22/h2-5,7,9,15,20,27H,6,8,10-11,25H2,1H3/t15-,20?/m1/s1. The monoisotopic (exact) mass is 417 g/mol. The van der Waals surface area contributed by atoms with Gasteiger partial charge in [-0.3, -0.25) is 10.2 Å². The number of carbonyl (C=O) groups excluding carboxylic acids is 1. The van der Waals surface area contributed by atoms with Gasteiger partial charge >= 0.3 is 0 Å². The van der Waals surface area contributed by atoms with E-state index in [-0.39, 0.29) is 30.5 Å². The third kappa shape index (κ3) is 3.85. The molecule has 3 N–H and O–H groups in total. The lowest BCUT2D eigenvalue weighted by atomic mass is 10.0. The van der Waals surface area contributed by atoms with E-state index >= 15 is 0 Å². The van der Waals surface area contributed by atoms with Gasteiger partial charge in [-0.05, 0) is 36.6 Å². The zero-order chi connectivity index (χ0) is 21.4. The third-order valence-electron chi connectivity index (χ3n) is 5.40. The Hall–Kier alpha value is -3.07. The normalized spacial score (nSPS) is 18.8. The number of benzene rings is 2. The summed E-state index contributed by atoms with van der Waals surface area (Å²) in [4.78, 5) is 16.7. The van der Waals surface area contributed by atoms with Gasteiger partial charge in [-0.25, -0.2) is 13.2 Å². The number of rotatable bonds is 4. The van der Waals surface area contributed by atoms with Gasteiger partial charge in [0.15, 0.2) is 11.6 Å². The van der Waals surface area contributed by atoms with Crippen molar-refractivity contribution in [1.29, 1.82) is 0 Å². The smallest absolute Gasteiger partial charge is 0.224 e. The van der Waals surface area contributed by atoms with Gasteiger partial charge in [-0.2, -0.15) is 5.10 Å². The maximum absolute atomic E-state index is 13.9. The number of nitrogens with zero attached hydrogens (tertiary/aromatic N) is 3. The molecule has 1 unspecified atom stereocenters. The van der Waals surface area contributed by atoms with Crippen molar-refractivity contribution < 1.29 is 18.0 Å². The fourth-order valence-corrected chi connectivity index (χ4v) is 3.95. The number of amidine groups is 1. The minimum absolute atomic E-state index is 0.0485. The SMILES string of the molecule is CC1=NNC2CN(C(=O)C[C@H](N)Cc3cc(F)c(F)cc3F)Cc3ccccc3N12. The van der Waals surface area contributed by atoms with E-state index in [4.69, 9.17) is 5.73 Å². The van der Waals surface area contributed by atoms with Crippen molar-refractivity contribution in [2.45, 2.75) is 38.5 Å². The second kappa shape index (κ2) is 7.98. The van der Waals surface area contributed by atoms with Crippen LogP contribution in [0.15, 0.2) is 41.5 Å². The van der Waals surface area contributed by atoms with Crippen LogP contribution in [0.5, 0.6) is 0 Å². The van der Waals surface area contributed by atoms with Crippen LogP contribution in [0.4, 0.5) is 18.9 Å². The largest absolute Gasteiger partial charge is 0.334 e. The molecule has 2 aromatic rings. The third-order valence-corrected chi connectivity index (χ3v) is 5.40. The number of hydrogen-bond donors (Lipinski definition) is 2. The van der Waals surface area contributed by atoms with Gasteiger partial charge in [0, 0.05) is 30.8 Å². The first-order valence-electron chi connectivity index (χ1n) is 9.67. The van der Waals surface area contributed by atoms with Crippen molar-refractivity contribution in [3.8, 4) is 0 Å². The molecule has 2 atom stereocenters. The van der Waals surface area contributed by atoms with E-state index in [0.717, 1.165) is 23.2 Å². The van der Waals surface area contributed by atoms with Gasteiger partial charge in [0.25, 0.3) is 0 Å². The van der Waals surface area contributed by atoms with Gasteiger partial charge in [-0.15, -0.1) is 0 Å². The molecule has 2 aliphatic heterocycles. The summed E-state index contributed by atoms with van der Waals surface area (Å²) in [6.45, 7) is 2.69. The number of nitrogens with one attached hydrogen (secondary N) is 1. The Morgan fingerprint density at radius 2 is 1.97 bits per heavy atom. The molecule has 9 heteroatoms. The maximum Gasteiger partial charge on any atom is 0.224 e. The Balaban J connectivity index is 1.48. The lowest BCUT2D eigenvalue weighted by molar-refractivity contribution is -0.132. The lowest BCUT2D eigenvalue weighted by Crippen LogP contribution is -2.48. The van der Waals surface area contributed by atoms with Crippen LogP contribution in [0.3, 0.4) is 0 Å². The molecular weight excluding hydrogens is 395 g/mol. The first-order chi connectivity index (χ1) is 14.3. The highest BCUT2D eigenvalue weighted by molar-refractivity contribution is 5.98. The molecule has 0 spiro atoms. The Morgan fingerprint density at radius 3 is 2.77 bits per heavy atom. The number of anilines is 1. The summed E-state index contributed by atoms with van der Waals surface area (Å²) in [5.74, 6) is -2.66. The molecule has 0 fully saturated rings. The van der Waals surface area contributed by atoms with Gasteiger partial charge in [0.05, 0.1) is 6.54 Å². The van der Waals surface area contributed by atoms with Crippen LogP contribution in [-0.2, 0) is 17.8 Å².